The first kappa shape index (κ1) is 62.0. The highest BCUT2D eigenvalue weighted by Gasteiger charge is 2.42. The van der Waals surface area contributed by atoms with Crippen LogP contribution in [0, 0.1) is 11.6 Å². The van der Waals surface area contributed by atoms with Crippen LogP contribution in [0.4, 0.5) is 8.78 Å². The first-order valence-electron chi connectivity index (χ1n) is 29.0. The van der Waals surface area contributed by atoms with Crippen LogP contribution in [0.5, 0.6) is 11.5 Å². The Balaban J connectivity index is 1.02. The predicted octanol–water partition coefficient (Wildman–Crippen LogP) is 7.43. The van der Waals surface area contributed by atoms with Gasteiger partial charge in [0, 0.05) is 75.6 Å². The molecule has 18 nitrogen and oxygen atoms in total. The zero-order valence-electron chi connectivity index (χ0n) is 47.2. The number of nitrogens with zero attached hydrogens (tertiary/aromatic N) is 4. The van der Waals surface area contributed by atoms with Crippen molar-refractivity contribution < 1.29 is 76.1 Å². The number of esters is 2. The predicted molar refractivity (Wildman–Crippen MR) is 297 cm³/mol. The van der Waals surface area contributed by atoms with Crippen LogP contribution in [0.3, 0.4) is 0 Å². The summed E-state index contributed by atoms with van der Waals surface area (Å²) in [4.78, 5) is 66.9. The first-order valence-corrected chi connectivity index (χ1v) is 29.0. The molecule has 6 unspecified atom stereocenters. The van der Waals surface area contributed by atoms with Gasteiger partial charge in [-0.15, -0.1) is 0 Å². The van der Waals surface area contributed by atoms with Crippen molar-refractivity contribution in [2.45, 2.75) is 140 Å². The van der Waals surface area contributed by atoms with Gasteiger partial charge < -0.3 is 67.7 Å². The Labute approximate surface area is 479 Å². The highest BCUT2D eigenvalue weighted by atomic mass is 19.1. The second-order valence-electron chi connectivity index (χ2n) is 21.5. The van der Waals surface area contributed by atoms with Gasteiger partial charge in [0.1, 0.15) is 36.7 Å². The molecule has 0 bridgehead atoms. The van der Waals surface area contributed by atoms with Gasteiger partial charge >= 0.3 is 11.9 Å². The fourth-order valence-corrected chi connectivity index (χ4v) is 10.7. The molecule has 6 atom stereocenters. The van der Waals surface area contributed by atoms with E-state index < -0.39 is 59.8 Å². The fourth-order valence-electron chi connectivity index (χ4n) is 10.7. The first-order chi connectivity index (χ1) is 39.8. The number of hydrogen-bond acceptors (Lipinski definition) is 16. The maximum Gasteiger partial charge on any atom is 0.339 e. The summed E-state index contributed by atoms with van der Waals surface area (Å²) < 4.78 is 74.2. The van der Waals surface area contributed by atoms with E-state index in [9.17, 15) is 28.6 Å². The minimum Gasteiger partial charge on any atom is -0.494 e. The van der Waals surface area contributed by atoms with Crippen molar-refractivity contribution in [3.8, 4) is 11.5 Å². The van der Waals surface area contributed by atoms with Crippen LogP contribution in [-0.2, 0) is 60.7 Å². The average molecular weight is 1140 g/mol. The quantitative estimate of drug-likeness (QED) is 0.0559. The molecule has 2 amide bonds. The lowest BCUT2D eigenvalue weighted by Crippen LogP contribution is -2.50. The van der Waals surface area contributed by atoms with Crippen molar-refractivity contribution in [2.24, 2.45) is 0 Å². The molecule has 4 aliphatic rings. The number of amides is 2. The van der Waals surface area contributed by atoms with Crippen LogP contribution in [0.15, 0.2) is 97.1 Å². The summed E-state index contributed by atoms with van der Waals surface area (Å²) in [6.07, 6.45) is -1.46. The largest absolute Gasteiger partial charge is 0.494 e. The van der Waals surface area contributed by atoms with Crippen LogP contribution in [0.25, 0.3) is 0 Å². The van der Waals surface area contributed by atoms with Crippen molar-refractivity contribution in [3.63, 3.8) is 0 Å². The Morgan fingerprint density at radius 3 is 1.24 bits per heavy atom. The van der Waals surface area contributed by atoms with E-state index in [0.29, 0.717) is 101 Å². The molecule has 8 rings (SSSR count). The van der Waals surface area contributed by atoms with E-state index in [-0.39, 0.29) is 62.1 Å². The molecule has 4 heterocycles. The number of halogens is 2. The number of benzene rings is 4. The highest BCUT2D eigenvalue weighted by molar-refractivity contribution is 5.91. The Bertz CT molecular complexity index is 2410. The topological polar surface area (TPSA) is 196 Å². The van der Waals surface area contributed by atoms with Crippen LogP contribution in [0.2, 0.25) is 0 Å². The number of rotatable bonds is 27. The molecule has 4 saturated heterocycles. The number of aliphatic hydroxyl groups is 2. The molecule has 4 fully saturated rings. The van der Waals surface area contributed by atoms with Gasteiger partial charge in [-0.1, -0.05) is 62.4 Å². The third kappa shape index (κ3) is 18.0. The minimum absolute atomic E-state index is 0.0212. The Kier molecular flexibility index (Phi) is 23.8. The van der Waals surface area contributed by atoms with Gasteiger partial charge in [0.05, 0.1) is 38.6 Å². The summed E-state index contributed by atoms with van der Waals surface area (Å²) in [5.41, 5.74) is 1.65. The van der Waals surface area contributed by atoms with E-state index in [1.807, 2.05) is 13.8 Å². The van der Waals surface area contributed by atoms with Gasteiger partial charge in [-0.3, -0.25) is 9.59 Å². The maximum atomic E-state index is 15.2. The number of carbonyl (C=O) groups is 4. The van der Waals surface area contributed by atoms with Gasteiger partial charge in [0.15, 0.2) is 12.2 Å². The van der Waals surface area contributed by atoms with Gasteiger partial charge in [-0.05, 0) is 124 Å². The lowest BCUT2D eigenvalue weighted by molar-refractivity contribution is -0.184. The molecule has 0 aliphatic carbocycles. The molecule has 0 aromatic heterocycles. The van der Waals surface area contributed by atoms with E-state index in [4.69, 9.17) is 37.9 Å². The molecule has 0 radical (unpaired) electrons. The van der Waals surface area contributed by atoms with Crippen molar-refractivity contribution >= 4 is 23.8 Å². The van der Waals surface area contributed by atoms with Gasteiger partial charge in [0.25, 0.3) is 11.8 Å². The summed E-state index contributed by atoms with van der Waals surface area (Å²) in [6.45, 7) is 10.8. The number of aliphatic hydroxyl groups excluding tert-OH is 2. The zero-order valence-corrected chi connectivity index (χ0v) is 47.2. The molecule has 20 heteroatoms. The molecule has 4 aromatic rings. The number of piperidine rings is 2. The van der Waals surface area contributed by atoms with Crippen molar-refractivity contribution in [3.05, 3.63) is 131 Å². The number of likely N-dealkylation sites (tertiary alicyclic amines) is 2. The van der Waals surface area contributed by atoms with Crippen molar-refractivity contribution in [2.75, 3.05) is 79.3 Å². The Morgan fingerprint density at radius 1 is 0.549 bits per heavy atom. The molecule has 2 N–H and O–H groups in total. The zero-order chi connectivity index (χ0) is 57.8. The fraction of sp³-hybridized carbons (Fsp3) is 0.548. The van der Waals surface area contributed by atoms with E-state index in [0.717, 1.165) is 51.6 Å². The minimum atomic E-state index is -2.60. The molecular weight excluding hydrogens is 1060 g/mol. The molecule has 0 spiro atoms. The van der Waals surface area contributed by atoms with Crippen LogP contribution < -0.4 is 9.47 Å². The summed E-state index contributed by atoms with van der Waals surface area (Å²) in [7, 11) is 0. The van der Waals surface area contributed by atoms with Crippen molar-refractivity contribution in [1.82, 2.24) is 19.6 Å². The average Bonchev–Trinajstić information content (AvgIpc) is 3.72. The number of carbonyl (C=O) groups excluding carboxylic acids is 4. The normalized spacial score (nSPS) is 20.0. The second-order valence-corrected chi connectivity index (χ2v) is 21.5. The number of hydrogen-bond donors (Lipinski definition) is 2. The third-order valence-electron chi connectivity index (χ3n) is 15.6. The Morgan fingerprint density at radius 2 is 0.915 bits per heavy atom. The SMILES string of the molecule is CCCOc1ccc(C(OC(=O)C(O)C(O)C(=O)OC(C(=O)N(Cc2ccc(F)cc2)C2CCN(CCC3CCOCO3)CC2)c2ccc(OCCC)cc2)C(=O)N(Cc2ccc(F)cc2)C2CCN(CCC3CCOCO3)CC2)cc1. The smallest absolute Gasteiger partial charge is 0.339 e. The summed E-state index contributed by atoms with van der Waals surface area (Å²) >= 11 is 0. The summed E-state index contributed by atoms with van der Waals surface area (Å²) in [5.74, 6) is -4.27. The highest BCUT2D eigenvalue weighted by Crippen LogP contribution is 2.32. The molecule has 82 heavy (non-hydrogen) atoms. The van der Waals surface area contributed by atoms with E-state index in [2.05, 4.69) is 9.80 Å². The van der Waals surface area contributed by atoms with Gasteiger partial charge in [0.2, 0.25) is 12.2 Å². The summed E-state index contributed by atoms with van der Waals surface area (Å²) in [6, 6.07) is 23.5. The van der Waals surface area contributed by atoms with Crippen molar-refractivity contribution in [1.29, 1.82) is 0 Å². The lowest BCUT2D eigenvalue weighted by atomic mass is 9.99. The molecule has 4 aromatic carbocycles. The maximum absolute atomic E-state index is 15.2. The van der Waals surface area contributed by atoms with Crippen LogP contribution in [0.1, 0.15) is 113 Å². The molecule has 0 saturated carbocycles. The molecule has 446 valence electrons. The van der Waals surface area contributed by atoms with Crippen LogP contribution >= 0.6 is 0 Å². The van der Waals surface area contributed by atoms with E-state index in [1.54, 1.807) is 82.6 Å². The molecular formula is C62H80F2N4O14. The van der Waals surface area contributed by atoms with Gasteiger partial charge in [-0.2, -0.15) is 0 Å². The second kappa shape index (κ2) is 31.5. The number of ether oxygens (including phenoxy) is 8. The monoisotopic (exact) mass is 1140 g/mol. The van der Waals surface area contributed by atoms with E-state index in [1.165, 1.54) is 24.3 Å². The van der Waals surface area contributed by atoms with Gasteiger partial charge in [-0.25, -0.2) is 18.4 Å². The summed E-state index contributed by atoms with van der Waals surface area (Å²) in [5, 5.41) is 23.3. The Hall–Kier alpha value is -6.10. The molecule has 4 aliphatic heterocycles. The third-order valence-corrected chi connectivity index (χ3v) is 15.6. The van der Waals surface area contributed by atoms with Crippen LogP contribution in [-0.4, -0.2) is 169 Å². The standard InChI is InChI=1S/C62H80F2N4O14/c1-3-35-77-51-17-9-45(10-18-51)57(59(71)67(39-43-5-13-47(63)14-6-43)49-21-29-65(30-22-49)33-25-53-27-37-75-41-79-53)81-61(73)55(69)56(70)62(74)82-58(46-11-19-52(20-12-46)78-36-4-2)60(72)68(40-44-7-15-48(64)16-8-44)50-23-31-66(32-24-50)34-26-54-28-38-76-42-80-54/h5-20,49-50,53-58,69-70H,3-4,21-42H2,1-2H3. The van der Waals surface area contributed by atoms with E-state index >= 15 is 9.59 Å². The lowest BCUT2D eigenvalue weighted by Gasteiger charge is -2.40.